The van der Waals surface area contributed by atoms with E-state index in [2.05, 4.69) is 19.1 Å². The highest BCUT2D eigenvalue weighted by molar-refractivity contribution is 7.90. The average molecular weight is 255 g/mol. The van der Waals surface area contributed by atoms with Crippen molar-refractivity contribution in [2.24, 2.45) is 5.73 Å². The van der Waals surface area contributed by atoms with E-state index >= 15 is 0 Å². The van der Waals surface area contributed by atoms with Gasteiger partial charge in [0.2, 0.25) is 0 Å². The molecule has 96 valence electrons. The highest BCUT2D eigenvalue weighted by Crippen LogP contribution is 2.18. The Balaban J connectivity index is 2.89. The van der Waals surface area contributed by atoms with Crippen molar-refractivity contribution in [3.63, 3.8) is 0 Å². The third-order valence-corrected chi connectivity index (χ3v) is 3.86. The maximum absolute atomic E-state index is 11.2. The van der Waals surface area contributed by atoms with Crippen LogP contribution in [-0.4, -0.2) is 26.5 Å². The molecule has 3 nitrogen and oxygen atoms in total. The predicted molar refractivity (Wildman–Crippen MR) is 72.0 cm³/mol. The molecule has 1 aromatic rings. The van der Waals surface area contributed by atoms with Crippen molar-refractivity contribution in [3.8, 4) is 0 Å². The first kappa shape index (κ1) is 14.2. The Morgan fingerprint density at radius 3 is 2.06 bits per heavy atom. The van der Waals surface area contributed by atoms with Crippen LogP contribution in [-0.2, 0) is 16.3 Å². The molecule has 0 saturated heterocycles. The van der Waals surface area contributed by atoms with Crippen LogP contribution in [0.15, 0.2) is 12.1 Å². The minimum Gasteiger partial charge on any atom is -0.326 e. The Bertz CT molecular complexity index is 483. The minimum absolute atomic E-state index is 0.0414. The summed E-state index contributed by atoms with van der Waals surface area (Å²) in [5.41, 5.74) is 10.7. The first-order valence-corrected chi connectivity index (χ1v) is 7.75. The molecule has 4 heteroatoms. The van der Waals surface area contributed by atoms with Gasteiger partial charge in [-0.25, -0.2) is 8.42 Å². The van der Waals surface area contributed by atoms with Crippen molar-refractivity contribution >= 4 is 9.84 Å². The van der Waals surface area contributed by atoms with Gasteiger partial charge >= 0.3 is 0 Å². The van der Waals surface area contributed by atoms with E-state index in [1.807, 2.05) is 13.8 Å². The fourth-order valence-electron chi connectivity index (χ4n) is 2.24. The van der Waals surface area contributed by atoms with E-state index < -0.39 is 9.84 Å². The second-order valence-corrected chi connectivity index (χ2v) is 7.12. The quantitative estimate of drug-likeness (QED) is 0.887. The van der Waals surface area contributed by atoms with Crippen molar-refractivity contribution in [1.82, 2.24) is 0 Å². The monoisotopic (exact) mass is 255 g/mol. The van der Waals surface area contributed by atoms with Crippen LogP contribution in [0.5, 0.6) is 0 Å². The van der Waals surface area contributed by atoms with Gasteiger partial charge < -0.3 is 5.73 Å². The van der Waals surface area contributed by atoms with Gasteiger partial charge in [0.1, 0.15) is 9.84 Å². The molecule has 0 aliphatic heterocycles. The molecule has 0 saturated carbocycles. The van der Waals surface area contributed by atoms with Crippen molar-refractivity contribution in [3.05, 3.63) is 34.4 Å². The number of hydrogen-bond donors (Lipinski definition) is 1. The summed E-state index contributed by atoms with van der Waals surface area (Å²) in [4.78, 5) is 0. The summed E-state index contributed by atoms with van der Waals surface area (Å²) in [6, 6.07) is 3.88. The van der Waals surface area contributed by atoms with Gasteiger partial charge in [0.15, 0.2) is 0 Å². The molecule has 2 N–H and O–H groups in total. The summed E-state index contributed by atoms with van der Waals surface area (Å²) in [6.45, 7) is 6.14. The molecule has 0 aliphatic rings. The largest absolute Gasteiger partial charge is 0.326 e. The zero-order valence-corrected chi connectivity index (χ0v) is 11.8. The van der Waals surface area contributed by atoms with Gasteiger partial charge in [0.25, 0.3) is 0 Å². The molecule has 1 atom stereocenters. The van der Waals surface area contributed by atoms with Crippen LogP contribution in [0.3, 0.4) is 0 Å². The van der Waals surface area contributed by atoms with Crippen LogP contribution in [0.4, 0.5) is 0 Å². The third kappa shape index (κ3) is 4.48. The second-order valence-electron chi connectivity index (χ2n) is 4.93. The molecule has 0 amide bonds. The van der Waals surface area contributed by atoms with E-state index in [9.17, 15) is 8.42 Å². The van der Waals surface area contributed by atoms with Gasteiger partial charge in [-0.2, -0.15) is 0 Å². The Morgan fingerprint density at radius 1 is 1.18 bits per heavy atom. The lowest BCUT2D eigenvalue weighted by molar-refractivity contribution is 0.591. The molecule has 0 heterocycles. The van der Waals surface area contributed by atoms with Crippen LogP contribution < -0.4 is 5.73 Å². The van der Waals surface area contributed by atoms with Crippen molar-refractivity contribution < 1.29 is 8.42 Å². The Morgan fingerprint density at radius 2 is 1.65 bits per heavy atom. The summed E-state index contributed by atoms with van der Waals surface area (Å²) >= 11 is 0. The fourth-order valence-corrected chi connectivity index (χ4v) is 3.14. The fraction of sp³-hybridized carbons (Fsp3) is 0.538. The number of benzene rings is 1. The summed E-state index contributed by atoms with van der Waals surface area (Å²) in [6.07, 6.45) is 1.84. The summed E-state index contributed by atoms with van der Waals surface area (Å²) in [5, 5.41) is 0. The summed E-state index contributed by atoms with van der Waals surface area (Å²) < 4.78 is 22.4. The maximum Gasteiger partial charge on any atom is 0.148 e. The molecule has 1 rings (SSSR count). The highest BCUT2D eigenvalue weighted by Gasteiger charge is 2.14. The van der Waals surface area contributed by atoms with Crippen molar-refractivity contribution in [2.45, 2.75) is 33.2 Å². The first-order chi connectivity index (χ1) is 7.69. The molecular formula is C13H21NO2S. The van der Waals surface area contributed by atoms with Crippen LogP contribution in [0.2, 0.25) is 0 Å². The van der Waals surface area contributed by atoms with E-state index in [1.54, 1.807) is 0 Å². The lowest BCUT2D eigenvalue weighted by Crippen LogP contribution is -2.31. The second kappa shape index (κ2) is 5.19. The number of hydrogen-bond acceptors (Lipinski definition) is 3. The number of aryl methyl sites for hydroxylation is 3. The molecule has 0 bridgehead atoms. The van der Waals surface area contributed by atoms with Crippen LogP contribution in [0.1, 0.15) is 22.3 Å². The normalized spacial score (nSPS) is 13.7. The Labute approximate surface area is 104 Å². The molecule has 0 spiro atoms. The van der Waals surface area contributed by atoms with Crippen molar-refractivity contribution in [2.75, 3.05) is 12.0 Å². The lowest BCUT2D eigenvalue weighted by atomic mass is 9.95. The molecule has 0 aromatic heterocycles. The SMILES string of the molecule is Cc1cc(C)c(CC(N)CS(C)(=O)=O)c(C)c1. The zero-order valence-electron chi connectivity index (χ0n) is 10.9. The van der Waals surface area contributed by atoms with Crippen LogP contribution in [0.25, 0.3) is 0 Å². The minimum atomic E-state index is -3.00. The van der Waals surface area contributed by atoms with Gasteiger partial charge in [-0.15, -0.1) is 0 Å². The molecular weight excluding hydrogens is 234 g/mol. The number of rotatable bonds is 4. The van der Waals surface area contributed by atoms with Gasteiger partial charge in [-0.1, -0.05) is 17.7 Å². The number of nitrogens with two attached hydrogens (primary N) is 1. The first-order valence-electron chi connectivity index (χ1n) is 5.69. The topological polar surface area (TPSA) is 60.2 Å². The lowest BCUT2D eigenvalue weighted by Gasteiger charge is -2.15. The van der Waals surface area contributed by atoms with E-state index in [4.69, 9.17) is 5.73 Å². The van der Waals surface area contributed by atoms with E-state index in [-0.39, 0.29) is 11.8 Å². The molecule has 1 aromatic carbocycles. The van der Waals surface area contributed by atoms with Crippen LogP contribution >= 0.6 is 0 Å². The van der Waals surface area contributed by atoms with E-state index in [0.29, 0.717) is 6.42 Å². The van der Waals surface area contributed by atoms with Crippen molar-refractivity contribution in [1.29, 1.82) is 0 Å². The Hall–Kier alpha value is -0.870. The maximum atomic E-state index is 11.2. The summed E-state index contributed by atoms with van der Waals surface area (Å²) in [7, 11) is -3.00. The molecule has 1 unspecified atom stereocenters. The average Bonchev–Trinajstić information content (AvgIpc) is 2.08. The van der Waals surface area contributed by atoms with Gasteiger partial charge in [0, 0.05) is 12.3 Å². The predicted octanol–water partition coefficient (Wildman–Crippen LogP) is 1.53. The smallest absolute Gasteiger partial charge is 0.148 e. The number of sulfone groups is 1. The van der Waals surface area contributed by atoms with Crippen LogP contribution in [0, 0.1) is 20.8 Å². The van der Waals surface area contributed by atoms with Gasteiger partial charge in [-0.05, 0) is 43.9 Å². The Kier molecular flexibility index (Phi) is 4.33. The van der Waals surface area contributed by atoms with E-state index in [1.165, 1.54) is 28.5 Å². The molecule has 0 fully saturated rings. The van der Waals surface area contributed by atoms with Gasteiger partial charge in [-0.3, -0.25) is 0 Å². The highest BCUT2D eigenvalue weighted by atomic mass is 32.2. The zero-order chi connectivity index (χ0) is 13.2. The molecule has 17 heavy (non-hydrogen) atoms. The van der Waals surface area contributed by atoms with Gasteiger partial charge in [0.05, 0.1) is 5.75 Å². The summed E-state index contributed by atoms with van der Waals surface area (Å²) in [5.74, 6) is 0.0414. The molecule has 0 aliphatic carbocycles. The third-order valence-electron chi connectivity index (χ3n) is 2.82. The van der Waals surface area contributed by atoms with E-state index in [0.717, 1.165) is 0 Å². The standard InChI is InChI=1S/C13H21NO2S/c1-9-5-10(2)13(11(3)6-9)7-12(14)8-17(4,15)16/h5-6,12H,7-8,14H2,1-4H3. The molecule has 0 radical (unpaired) electrons.